The van der Waals surface area contributed by atoms with Crippen LogP contribution in [0.15, 0.2) is 0 Å². The van der Waals surface area contributed by atoms with Gasteiger partial charge in [0.2, 0.25) is 0 Å². The lowest BCUT2D eigenvalue weighted by Gasteiger charge is -2.43. The lowest BCUT2D eigenvalue weighted by Crippen LogP contribution is -2.50. The molecule has 0 saturated carbocycles. The summed E-state index contributed by atoms with van der Waals surface area (Å²) < 4.78 is 34.6. The van der Waals surface area contributed by atoms with E-state index in [9.17, 15) is 5.11 Å². The minimum absolute atomic E-state index is 0.0339. The van der Waals surface area contributed by atoms with Crippen molar-refractivity contribution in [2.75, 3.05) is 85.9 Å². The van der Waals surface area contributed by atoms with Crippen molar-refractivity contribution in [1.29, 1.82) is 0 Å². The van der Waals surface area contributed by atoms with E-state index in [1.54, 1.807) is 0 Å². The highest BCUT2D eigenvalue weighted by Gasteiger charge is 2.42. The summed E-state index contributed by atoms with van der Waals surface area (Å²) in [4.78, 5) is 0. The molecule has 30 heavy (non-hydrogen) atoms. The molecule has 0 atom stereocenters. The Balaban J connectivity index is 1.53. The van der Waals surface area contributed by atoms with Crippen LogP contribution in [0.3, 0.4) is 0 Å². The number of hydrogen-bond acceptors (Lipinski definition) is 7. The molecule has 0 aliphatic carbocycles. The van der Waals surface area contributed by atoms with Crippen molar-refractivity contribution in [2.45, 2.75) is 40.0 Å². The SMILES string of the molecule is CCC1(COCC(CO)(COCC2(CC)COC2)COCC2(CC)COC2)COC1. The molecule has 7 heteroatoms. The normalized spacial score (nSPS) is 24.0. The van der Waals surface area contributed by atoms with Gasteiger partial charge in [0, 0.05) is 16.2 Å². The molecular formula is C23H42O7. The second-order valence-electron chi connectivity index (χ2n) is 10.2. The first-order chi connectivity index (χ1) is 14.5. The summed E-state index contributed by atoms with van der Waals surface area (Å²) in [5.74, 6) is 0. The van der Waals surface area contributed by atoms with Crippen molar-refractivity contribution in [3.8, 4) is 0 Å². The summed E-state index contributed by atoms with van der Waals surface area (Å²) in [6.45, 7) is 14.2. The monoisotopic (exact) mass is 430 g/mol. The molecular weight excluding hydrogens is 388 g/mol. The number of ether oxygens (including phenoxy) is 6. The summed E-state index contributed by atoms with van der Waals surface area (Å²) in [5, 5.41) is 10.3. The van der Waals surface area contributed by atoms with Gasteiger partial charge < -0.3 is 33.5 Å². The third-order valence-electron chi connectivity index (χ3n) is 7.48. The summed E-state index contributed by atoms with van der Waals surface area (Å²) >= 11 is 0. The predicted octanol–water partition coefficient (Wildman–Crippen LogP) is 2.29. The quantitative estimate of drug-likeness (QED) is 0.403. The van der Waals surface area contributed by atoms with Crippen molar-refractivity contribution in [3.05, 3.63) is 0 Å². The second kappa shape index (κ2) is 10.6. The van der Waals surface area contributed by atoms with Crippen LogP contribution in [0.1, 0.15) is 40.0 Å². The largest absolute Gasteiger partial charge is 0.396 e. The average Bonchev–Trinajstić information content (AvgIpc) is 2.67. The van der Waals surface area contributed by atoms with Gasteiger partial charge in [-0.2, -0.15) is 0 Å². The van der Waals surface area contributed by atoms with Gasteiger partial charge >= 0.3 is 0 Å². The van der Waals surface area contributed by atoms with Crippen molar-refractivity contribution in [3.63, 3.8) is 0 Å². The Morgan fingerprint density at radius 1 is 0.633 bits per heavy atom. The van der Waals surface area contributed by atoms with E-state index in [0.717, 1.165) is 58.9 Å². The Bertz CT molecular complexity index is 426. The topological polar surface area (TPSA) is 75.6 Å². The van der Waals surface area contributed by atoms with Crippen LogP contribution >= 0.6 is 0 Å². The fraction of sp³-hybridized carbons (Fsp3) is 1.00. The molecule has 3 aliphatic rings. The summed E-state index contributed by atoms with van der Waals surface area (Å²) in [7, 11) is 0. The summed E-state index contributed by atoms with van der Waals surface area (Å²) in [6.07, 6.45) is 3.10. The van der Waals surface area contributed by atoms with Crippen molar-refractivity contribution < 1.29 is 33.5 Å². The lowest BCUT2D eigenvalue weighted by molar-refractivity contribution is -0.191. The standard InChI is InChI=1S/C23H42O7/c1-4-20(8-25-9-20)14-28-17-23(7-24,18-29-15-21(5-2)10-26-11-21)19-30-16-22(6-3)12-27-13-22/h24H,4-19H2,1-3H3. The minimum atomic E-state index is -0.571. The van der Waals surface area contributed by atoms with Gasteiger partial charge in [-0.05, 0) is 19.3 Å². The molecule has 0 unspecified atom stereocenters. The highest BCUT2D eigenvalue weighted by molar-refractivity contribution is 4.88. The van der Waals surface area contributed by atoms with Gasteiger partial charge in [-0.15, -0.1) is 0 Å². The van der Waals surface area contributed by atoms with E-state index < -0.39 is 5.41 Å². The van der Waals surface area contributed by atoms with Crippen LogP contribution in [0.4, 0.5) is 0 Å². The van der Waals surface area contributed by atoms with E-state index in [2.05, 4.69) is 20.8 Å². The van der Waals surface area contributed by atoms with E-state index in [1.165, 1.54) is 0 Å². The maximum absolute atomic E-state index is 10.3. The first kappa shape index (κ1) is 24.4. The fourth-order valence-corrected chi connectivity index (χ4v) is 4.05. The maximum Gasteiger partial charge on any atom is 0.0635 e. The zero-order valence-electron chi connectivity index (χ0n) is 19.2. The van der Waals surface area contributed by atoms with Gasteiger partial charge in [0.1, 0.15) is 0 Å². The molecule has 0 radical (unpaired) electrons. The zero-order valence-corrected chi connectivity index (χ0v) is 19.2. The molecule has 0 aromatic rings. The third-order valence-corrected chi connectivity index (χ3v) is 7.48. The number of aliphatic hydroxyl groups excluding tert-OH is 1. The first-order valence-electron chi connectivity index (χ1n) is 11.6. The van der Waals surface area contributed by atoms with Crippen LogP contribution in [-0.4, -0.2) is 91.0 Å². The second-order valence-corrected chi connectivity index (χ2v) is 10.2. The Kier molecular flexibility index (Phi) is 8.57. The molecule has 3 fully saturated rings. The van der Waals surface area contributed by atoms with Crippen LogP contribution in [0.2, 0.25) is 0 Å². The highest BCUT2D eigenvalue weighted by Crippen LogP contribution is 2.35. The minimum Gasteiger partial charge on any atom is -0.396 e. The van der Waals surface area contributed by atoms with E-state index >= 15 is 0 Å². The van der Waals surface area contributed by atoms with E-state index in [4.69, 9.17) is 28.4 Å². The van der Waals surface area contributed by atoms with Crippen LogP contribution in [-0.2, 0) is 28.4 Å². The number of hydrogen-bond donors (Lipinski definition) is 1. The van der Waals surface area contributed by atoms with Crippen LogP contribution in [0.25, 0.3) is 0 Å². The molecule has 0 aromatic carbocycles. The van der Waals surface area contributed by atoms with Crippen LogP contribution in [0.5, 0.6) is 0 Å². The lowest BCUT2D eigenvalue weighted by atomic mass is 9.83. The molecule has 3 rings (SSSR count). The van der Waals surface area contributed by atoms with Crippen LogP contribution in [0, 0.1) is 21.7 Å². The Morgan fingerprint density at radius 3 is 1.10 bits per heavy atom. The highest BCUT2D eigenvalue weighted by atomic mass is 16.5. The van der Waals surface area contributed by atoms with Gasteiger partial charge in [0.15, 0.2) is 0 Å². The Labute approximate surface area is 181 Å². The molecule has 3 aliphatic heterocycles. The zero-order chi connectivity index (χ0) is 21.6. The smallest absolute Gasteiger partial charge is 0.0635 e. The van der Waals surface area contributed by atoms with Crippen molar-refractivity contribution >= 4 is 0 Å². The van der Waals surface area contributed by atoms with Gasteiger partial charge in [-0.25, -0.2) is 0 Å². The van der Waals surface area contributed by atoms with Gasteiger partial charge in [0.25, 0.3) is 0 Å². The predicted molar refractivity (Wildman–Crippen MR) is 113 cm³/mol. The molecule has 0 spiro atoms. The molecule has 0 aromatic heterocycles. The molecule has 0 amide bonds. The molecule has 3 saturated heterocycles. The molecule has 3 heterocycles. The number of aliphatic hydroxyl groups is 1. The summed E-state index contributed by atoms with van der Waals surface area (Å²) in [6, 6.07) is 0. The van der Waals surface area contributed by atoms with Crippen LogP contribution < -0.4 is 0 Å². The molecule has 176 valence electrons. The van der Waals surface area contributed by atoms with Gasteiger partial charge in [-0.3, -0.25) is 0 Å². The van der Waals surface area contributed by atoms with E-state index in [1.807, 2.05) is 0 Å². The van der Waals surface area contributed by atoms with Gasteiger partial charge in [-0.1, -0.05) is 20.8 Å². The van der Waals surface area contributed by atoms with Crippen molar-refractivity contribution in [1.82, 2.24) is 0 Å². The molecule has 1 N–H and O–H groups in total. The summed E-state index contributed by atoms with van der Waals surface area (Å²) in [5.41, 5.74) is -0.214. The fourth-order valence-electron chi connectivity index (χ4n) is 4.05. The Morgan fingerprint density at radius 2 is 0.933 bits per heavy atom. The Hall–Kier alpha value is -0.280. The average molecular weight is 431 g/mol. The number of rotatable bonds is 16. The van der Waals surface area contributed by atoms with E-state index in [0.29, 0.717) is 39.6 Å². The first-order valence-corrected chi connectivity index (χ1v) is 11.6. The van der Waals surface area contributed by atoms with Gasteiger partial charge in [0.05, 0.1) is 91.3 Å². The van der Waals surface area contributed by atoms with E-state index in [-0.39, 0.29) is 22.9 Å². The third kappa shape index (κ3) is 5.55. The molecule has 0 bridgehead atoms. The maximum atomic E-state index is 10.3. The molecule has 7 nitrogen and oxygen atoms in total. The van der Waals surface area contributed by atoms with Crippen molar-refractivity contribution in [2.24, 2.45) is 21.7 Å².